The van der Waals surface area contributed by atoms with E-state index in [1.165, 1.54) is 11.1 Å². The first kappa shape index (κ1) is 22.6. The highest BCUT2D eigenvalue weighted by Crippen LogP contribution is 2.23. The summed E-state index contributed by atoms with van der Waals surface area (Å²) in [5.74, 6) is 1.27. The van der Waals surface area contributed by atoms with E-state index in [-0.39, 0.29) is 5.91 Å². The Kier molecular flexibility index (Phi) is 8.22. The van der Waals surface area contributed by atoms with Gasteiger partial charge in [-0.2, -0.15) is 11.8 Å². The van der Waals surface area contributed by atoms with Crippen molar-refractivity contribution in [2.24, 2.45) is 0 Å². The number of thioether (sulfide) groups is 1. The first-order valence-corrected chi connectivity index (χ1v) is 12.2. The molecule has 1 atom stereocenters. The molecule has 1 N–H and O–H groups in total. The van der Waals surface area contributed by atoms with E-state index >= 15 is 0 Å². The van der Waals surface area contributed by atoms with E-state index in [0.717, 1.165) is 22.1 Å². The van der Waals surface area contributed by atoms with Gasteiger partial charge in [0.05, 0.1) is 11.9 Å². The fourth-order valence-corrected chi connectivity index (χ4v) is 4.89. The molecule has 0 aliphatic heterocycles. The predicted molar refractivity (Wildman–Crippen MR) is 119 cm³/mol. The van der Waals surface area contributed by atoms with Gasteiger partial charge in [0.25, 0.3) is 0 Å². The Hall–Kier alpha value is -1.70. The molecule has 0 heterocycles. The zero-order chi connectivity index (χ0) is 20.7. The molecule has 2 aromatic carbocycles. The SMILES string of the molecule is Cc1cccc(CSCCNC(=O)C(C)N(c2ccc(Cl)cc2)S(C)(=O)=O)c1. The van der Waals surface area contributed by atoms with Crippen LogP contribution in [0.5, 0.6) is 0 Å². The van der Waals surface area contributed by atoms with Crippen LogP contribution in [0, 0.1) is 6.92 Å². The molecule has 0 radical (unpaired) electrons. The number of amides is 1. The molecular weight excluding hydrogens is 416 g/mol. The van der Waals surface area contributed by atoms with Crippen molar-refractivity contribution in [1.29, 1.82) is 0 Å². The summed E-state index contributed by atoms with van der Waals surface area (Å²) in [4.78, 5) is 12.5. The van der Waals surface area contributed by atoms with Gasteiger partial charge in [-0.15, -0.1) is 0 Å². The van der Waals surface area contributed by atoms with Crippen LogP contribution in [0.2, 0.25) is 5.02 Å². The van der Waals surface area contributed by atoms with Gasteiger partial charge >= 0.3 is 0 Å². The van der Waals surface area contributed by atoms with E-state index in [1.54, 1.807) is 43.0 Å². The Balaban J connectivity index is 1.89. The van der Waals surface area contributed by atoms with Crippen LogP contribution in [0.4, 0.5) is 5.69 Å². The number of anilines is 1. The maximum absolute atomic E-state index is 12.5. The first-order chi connectivity index (χ1) is 13.2. The number of hydrogen-bond acceptors (Lipinski definition) is 4. The van der Waals surface area contributed by atoms with E-state index in [9.17, 15) is 13.2 Å². The molecule has 2 rings (SSSR count). The maximum atomic E-state index is 12.5. The second-order valence-corrected chi connectivity index (χ2v) is 9.94. The summed E-state index contributed by atoms with van der Waals surface area (Å²) in [5, 5.41) is 3.32. The smallest absolute Gasteiger partial charge is 0.243 e. The Morgan fingerprint density at radius 1 is 1.21 bits per heavy atom. The normalized spacial score (nSPS) is 12.4. The van der Waals surface area contributed by atoms with Crippen molar-refractivity contribution in [3.8, 4) is 0 Å². The van der Waals surface area contributed by atoms with Gasteiger partial charge < -0.3 is 5.32 Å². The molecule has 0 spiro atoms. The molecule has 152 valence electrons. The number of aryl methyl sites for hydroxylation is 1. The topological polar surface area (TPSA) is 66.5 Å². The van der Waals surface area contributed by atoms with Crippen LogP contribution in [-0.4, -0.2) is 38.9 Å². The van der Waals surface area contributed by atoms with Crippen LogP contribution in [-0.2, 0) is 20.6 Å². The van der Waals surface area contributed by atoms with Crippen molar-refractivity contribution in [2.45, 2.75) is 25.6 Å². The highest BCUT2D eigenvalue weighted by atomic mass is 35.5. The molecule has 0 fully saturated rings. The van der Waals surface area contributed by atoms with Crippen LogP contribution in [0.1, 0.15) is 18.1 Å². The Labute approximate surface area is 176 Å². The molecule has 1 unspecified atom stereocenters. The van der Waals surface area contributed by atoms with Gasteiger partial charge in [-0.1, -0.05) is 41.4 Å². The van der Waals surface area contributed by atoms with Crippen molar-refractivity contribution in [3.63, 3.8) is 0 Å². The summed E-state index contributed by atoms with van der Waals surface area (Å²) >= 11 is 7.59. The van der Waals surface area contributed by atoms with Crippen LogP contribution in [0.25, 0.3) is 0 Å². The number of hydrogen-bond donors (Lipinski definition) is 1. The van der Waals surface area contributed by atoms with Crippen LogP contribution >= 0.6 is 23.4 Å². The average Bonchev–Trinajstić information content (AvgIpc) is 2.62. The second-order valence-electron chi connectivity index (χ2n) is 6.54. The van der Waals surface area contributed by atoms with Gasteiger partial charge in [0.1, 0.15) is 6.04 Å². The summed E-state index contributed by atoms with van der Waals surface area (Å²) in [7, 11) is -3.63. The molecule has 0 saturated carbocycles. The Morgan fingerprint density at radius 2 is 1.89 bits per heavy atom. The lowest BCUT2D eigenvalue weighted by Crippen LogP contribution is -2.48. The van der Waals surface area contributed by atoms with Gasteiger partial charge in [0.2, 0.25) is 15.9 Å². The molecule has 28 heavy (non-hydrogen) atoms. The zero-order valence-corrected chi connectivity index (χ0v) is 18.6. The zero-order valence-electron chi connectivity index (χ0n) is 16.2. The van der Waals surface area contributed by atoms with Crippen molar-refractivity contribution < 1.29 is 13.2 Å². The standard InChI is InChI=1S/C20H25ClN2O3S2/c1-15-5-4-6-17(13-15)14-27-12-11-22-20(24)16(2)23(28(3,25)26)19-9-7-18(21)8-10-19/h4-10,13,16H,11-12,14H2,1-3H3,(H,22,24). The molecule has 0 aliphatic rings. The fraction of sp³-hybridized carbons (Fsp3) is 0.350. The highest BCUT2D eigenvalue weighted by Gasteiger charge is 2.28. The monoisotopic (exact) mass is 440 g/mol. The minimum Gasteiger partial charge on any atom is -0.353 e. The van der Waals surface area contributed by atoms with Gasteiger partial charge in [0.15, 0.2) is 0 Å². The Bertz CT molecular complexity index is 902. The number of nitrogens with zero attached hydrogens (tertiary/aromatic N) is 1. The third kappa shape index (κ3) is 6.72. The number of halogens is 1. The summed E-state index contributed by atoms with van der Waals surface area (Å²) in [5.41, 5.74) is 2.88. The molecule has 5 nitrogen and oxygen atoms in total. The van der Waals surface area contributed by atoms with Crippen molar-refractivity contribution >= 4 is 45.0 Å². The van der Waals surface area contributed by atoms with Crippen LogP contribution < -0.4 is 9.62 Å². The van der Waals surface area contributed by atoms with E-state index in [1.807, 2.05) is 6.07 Å². The molecule has 8 heteroatoms. The molecule has 0 aromatic heterocycles. The number of rotatable bonds is 9. The van der Waals surface area contributed by atoms with Crippen molar-refractivity contribution in [2.75, 3.05) is 22.9 Å². The van der Waals surface area contributed by atoms with Crippen LogP contribution in [0.3, 0.4) is 0 Å². The largest absolute Gasteiger partial charge is 0.353 e. The van der Waals surface area contributed by atoms with E-state index in [4.69, 9.17) is 11.6 Å². The molecule has 1 amide bonds. The maximum Gasteiger partial charge on any atom is 0.243 e. The highest BCUT2D eigenvalue weighted by molar-refractivity contribution is 7.98. The van der Waals surface area contributed by atoms with Gasteiger partial charge in [-0.25, -0.2) is 8.42 Å². The van der Waals surface area contributed by atoms with Gasteiger partial charge in [0, 0.05) is 23.1 Å². The van der Waals surface area contributed by atoms with E-state index < -0.39 is 16.1 Å². The molecule has 0 aliphatic carbocycles. The average molecular weight is 441 g/mol. The van der Waals surface area contributed by atoms with E-state index in [0.29, 0.717) is 17.3 Å². The van der Waals surface area contributed by atoms with E-state index in [2.05, 4.69) is 30.4 Å². The third-order valence-corrected chi connectivity index (χ3v) is 6.59. The third-order valence-electron chi connectivity index (χ3n) is 4.07. The number of benzene rings is 2. The number of carbonyl (C=O) groups excluding carboxylic acids is 1. The molecule has 0 saturated heterocycles. The molecular formula is C20H25ClN2O3S2. The lowest BCUT2D eigenvalue weighted by Gasteiger charge is -2.28. The number of nitrogens with one attached hydrogen (secondary N) is 1. The lowest BCUT2D eigenvalue weighted by atomic mass is 10.2. The van der Waals surface area contributed by atoms with Gasteiger partial charge in [-0.05, 0) is 43.7 Å². The van der Waals surface area contributed by atoms with Gasteiger partial charge in [-0.3, -0.25) is 9.10 Å². The summed E-state index contributed by atoms with van der Waals surface area (Å²) in [6.07, 6.45) is 1.09. The quantitative estimate of drug-likeness (QED) is 0.601. The predicted octanol–water partition coefficient (Wildman–Crippen LogP) is 3.85. The summed E-state index contributed by atoms with van der Waals surface area (Å²) in [6.45, 7) is 4.10. The summed E-state index contributed by atoms with van der Waals surface area (Å²) in [6, 6.07) is 13.8. The summed E-state index contributed by atoms with van der Waals surface area (Å²) < 4.78 is 25.6. The van der Waals surface area contributed by atoms with Crippen molar-refractivity contribution in [3.05, 3.63) is 64.7 Å². The minimum absolute atomic E-state index is 0.337. The first-order valence-electron chi connectivity index (χ1n) is 8.84. The molecule has 0 bridgehead atoms. The number of sulfonamides is 1. The minimum atomic E-state index is -3.63. The Morgan fingerprint density at radius 3 is 2.50 bits per heavy atom. The lowest BCUT2D eigenvalue weighted by molar-refractivity contribution is -0.121. The number of carbonyl (C=O) groups is 1. The second kappa shape index (κ2) is 10.2. The molecule has 2 aromatic rings. The van der Waals surface area contributed by atoms with Crippen LogP contribution in [0.15, 0.2) is 48.5 Å². The van der Waals surface area contributed by atoms with Crippen molar-refractivity contribution in [1.82, 2.24) is 5.32 Å². The fourth-order valence-electron chi connectivity index (χ4n) is 2.78.